The molecule has 0 spiro atoms. The zero-order chi connectivity index (χ0) is 30.4. The minimum Gasteiger partial charge on any atom is -0.343 e. The maximum absolute atomic E-state index is 5.25. The van der Waals surface area contributed by atoms with Crippen LogP contribution in [-0.2, 0) is 12.1 Å². The second kappa shape index (κ2) is 10.9. The summed E-state index contributed by atoms with van der Waals surface area (Å²) < 4.78 is 0. The first kappa shape index (κ1) is 27.1. The molecule has 0 atom stereocenters. The Labute approximate surface area is 265 Å². The zero-order valence-corrected chi connectivity index (χ0v) is 25.6. The van der Waals surface area contributed by atoms with E-state index in [0.29, 0.717) is 0 Å². The number of rotatable bonds is 5. The van der Waals surface area contributed by atoms with Crippen molar-refractivity contribution in [1.29, 1.82) is 0 Å². The van der Waals surface area contributed by atoms with E-state index >= 15 is 0 Å². The predicted molar refractivity (Wildman–Crippen MR) is 189 cm³/mol. The van der Waals surface area contributed by atoms with Gasteiger partial charge in [0.15, 0.2) is 0 Å². The molecule has 2 heterocycles. The van der Waals surface area contributed by atoms with Crippen molar-refractivity contribution < 1.29 is 0 Å². The monoisotopic (exact) mass is 578 g/mol. The molecule has 1 aliphatic rings. The van der Waals surface area contributed by atoms with Crippen LogP contribution in [0, 0.1) is 0 Å². The summed E-state index contributed by atoms with van der Waals surface area (Å²) in [7, 11) is 0. The molecular weight excluding hydrogens is 544 g/mol. The standard InChI is InChI=1S/C43H34N2/c1-43(2)36-26-16-15-25-34(36)29-45(43)42-41-35(27-28-44-42)37(30-17-7-3-8-18-30)38(31-19-9-4-10-20-31)39(32-21-11-5-12-22-32)40(41)33-23-13-6-14-24-33/h3-28H,29H2,1-2H3. The fourth-order valence-corrected chi connectivity index (χ4v) is 7.31. The summed E-state index contributed by atoms with van der Waals surface area (Å²) in [5.74, 6) is 1.02. The highest BCUT2D eigenvalue weighted by Gasteiger charge is 2.39. The lowest BCUT2D eigenvalue weighted by atomic mass is 9.79. The lowest BCUT2D eigenvalue weighted by Crippen LogP contribution is -2.36. The van der Waals surface area contributed by atoms with Crippen molar-refractivity contribution in [3.8, 4) is 44.5 Å². The first-order valence-electron chi connectivity index (χ1n) is 15.7. The van der Waals surface area contributed by atoms with Gasteiger partial charge in [0, 0.05) is 23.7 Å². The largest absolute Gasteiger partial charge is 0.343 e. The zero-order valence-electron chi connectivity index (χ0n) is 25.6. The third-order valence-corrected chi connectivity index (χ3v) is 9.39. The number of hydrogen-bond acceptors (Lipinski definition) is 2. The Morgan fingerprint density at radius 1 is 0.489 bits per heavy atom. The molecule has 0 bridgehead atoms. The highest BCUT2D eigenvalue weighted by atomic mass is 15.3. The van der Waals surface area contributed by atoms with Crippen LogP contribution in [0.1, 0.15) is 25.0 Å². The Kier molecular flexibility index (Phi) is 6.57. The Morgan fingerprint density at radius 3 is 1.47 bits per heavy atom. The first-order valence-corrected chi connectivity index (χ1v) is 15.7. The molecule has 0 aliphatic carbocycles. The van der Waals surface area contributed by atoms with Gasteiger partial charge in [-0.05, 0) is 75.4 Å². The van der Waals surface area contributed by atoms with E-state index in [1.54, 1.807) is 0 Å². The maximum atomic E-state index is 5.25. The van der Waals surface area contributed by atoms with Gasteiger partial charge < -0.3 is 4.90 Å². The van der Waals surface area contributed by atoms with Gasteiger partial charge in [0.2, 0.25) is 0 Å². The van der Waals surface area contributed by atoms with E-state index in [2.05, 4.69) is 170 Å². The van der Waals surface area contributed by atoms with Crippen LogP contribution in [0.2, 0.25) is 0 Å². The van der Waals surface area contributed by atoms with E-state index in [1.807, 2.05) is 6.20 Å². The summed E-state index contributed by atoms with van der Waals surface area (Å²) in [6.45, 7) is 5.47. The maximum Gasteiger partial charge on any atom is 0.138 e. The summed E-state index contributed by atoms with van der Waals surface area (Å²) in [5.41, 5.74) is 12.1. The summed E-state index contributed by atoms with van der Waals surface area (Å²) in [4.78, 5) is 7.76. The number of anilines is 1. The Hall–Kier alpha value is -5.47. The van der Waals surface area contributed by atoms with Gasteiger partial charge in [0.25, 0.3) is 0 Å². The SMILES string of the molecule is CC1(C)c2ccccc2CN1c1nccc2c(-c3ccccc3)c(-c3ccccc3)c(-c3ccccc3)c(-c3ccccc3)c12. The van der Waals surface area contributed by atoms with Crippen molar-refractivity contribution in [1.82, 2.24) is 4.98 Å². The molecule has 0 saturated heterocycles. The molecule has 6 aromatic carbocycles. The Balaban J connectivity index is 1.60. The third kappa shape index (κ3) is 4.45. The molecule has 8 rings (SSSR count). The molecule has 7 aromatic rings. The van der Waals surface area contributed by atoms with E-state index in [-0.39, 0.29) is 5.54 Å². The van der Waals surface area contributed by atoms with Gasteiger partial charge in [-0.15, -0.1) is 0 Å². The lowest BCUT2D eigenvalue weighted by molar-refractivity contribution is 0.516. The number of pyridine rings is 1. The first-order chi connectivity index (χ1) is 22.1. The van der Waals surface area contributed by atoms with Crippen LogP contribution in [0.25, 0.3) is 55.3 Å². The van der Waals surface area contributed by atoms with Crippen LogP contribution in [0.3, 0.4) is 0 Å². The molecule has 216 valence electrons. The quantitative estimate of drug-likeness (QED) is 0.202. The summed E-state index contributed by atoms with van der Waals surface area (Å²) in [5, 5.41) is 2.39. The minimum absolute atomic E-state index is 0.232. The molecule has 0 fully saturated rings. The second-order valence-corrected chi connectivity index (χ2v) is 12.3. The molecule has 1 aliphatic heterocycles. The second-order valence-electron chi connectivity index (χ2n) is 12.3. The molecule has 0 radical (unpaired) electrons. The van der Waals surface area contributed by atoms with Crippen LogP contribution >= 0.6 is 0 Å². The van der Waals surface area contributed by atoms with E-state index in [4.69, 9.17) is 4.98 Å². The average molecular weight is 579 g/mol. The molecule has 2 heteroatoms. The fraction of sp³-hybridized carbons (Fsp3) is 0.0930. The molecule has 0 N–H and O–H groups in total. The van der Waals surface area contributed by atoms with Crippen molar-refractivity contribution in [2.45, 2.75) is 25.9 Å². The Morgan fingerprint density at radius 2 is 0.933 bits per heavy atom. The van der Waals surface area contributed by atoms with Crippen LogP contribution in [-0.4, -0.2) is 4.98 Å². The van der Waals surface area contributed by atoms with Gasteiger partial charge in [0.1, 0.15) is 5.82 Å². The highest BCUT2D eigenvalue weighted by molar-refractivity contribution is 6.21. The van der Waals surface area contributed by atoms with Gasteiger partial charge in [-0.2, -0.15) is 0 Å². The van der Waals surface area contributed by atoms with Crippen LogP contribution in [0.15, 0.2) is 158 Å². The summed E-state index contributed by atoms with van der Waals surface area (Å²) in [6.07, 6.45) is 2.01. The Bertz CT molecular complexity index is 2130. The van der Waals surface area contributed by atoms with E-state index < -0.39 is 0 Å². The number of benzene rings is 6. The molecule has 2 nitrogen and oxygen atoms in total. The lowest BCUT2D eigenvalue weighted by Gasteiger charge is -2.35. The third-order valence-electron chi connectivity index (χ3n) is 9.39. The van der Waals surface area contributed by atoms with Gasteiger partial charge in [-0.1, -0.05) is 146 Å². The van der Waals surface area contributed by atoms with E-state index in [1.165, 1.54) is 66.4 Å². The van der Waals surface area contributed by atoms with Crippen LogP contribution < -0.4 is 4.90 Å². The van der Waals surface area contributed by atoms with Gasteiger partial charge >= 0.3 is 0 Å². The van der Waals surface area contributed by atoms with Gasteiger partial charge in [0.05, 0.1) is 5.54 Å². The van der Waals surface area contributed by atoms with Crippen molar-refractivity contribution in [2.75, 3.05) is 4.90 Å². The fourth-order valence-electron chi connectivity index (χ4n) is 7.31. The number of nitrogens with zero attached hydrogens (tertiary/aromatic N) is 2. The van der Waals surface area contributed by atoms with Crippen molar-refractivity contribution in [3.05, 3.63) is 169 Å². The summed E-state index contributed by atoms with van der Waals surface area (Å²) >= 11 is 0. The molecule has 0 amide bonds. The van der Waals surface area contributed by atoms with E-state index in [0.717, 1.165) is 12.4 Å². The number of fused-ring (bicyclic) bond motifs is 2. The normalized spacial score (nSPS) is 13.6. The highest BCUT2D eigenvalue weighted by Crippen LogP contribution is 2.54. The average Bonchev–Trinajstić information content (AvgIpc) is 3.38. The van der Waals surface area contributed by atoms with Crippen LogP contribution in [0.4, 0.5) is 5.82 Å². The van der Waals surface area contributed by atoms with Crippen molar-refractivity contribution >= 4 is 16.6 Å². The van der Waals surface area contributed by atoms with E-state index in [9.17, 15) is 0 Å². The summed E-state index contributed by atoms with van der Waals surface area (Å²) in [6, 6.07) is 54.6. The smallest absolute Gasteiger partial charge is 0.138 e. The topological polar surface area (TPSA) is 16.1 Å². The molecule has 45 heavy (non-hydrogen) atoms. The van der Waals surface area contributed by atoms with Crippen molar-refractivity contribution in [3.63, 3.8) is 0 Å². The van der Waals surface area contributed by atoms with Gasteiger partial charge in [-0.25, -0.2) is 4.98 Å². The van der Waals surface area contributed by atoms with Crippen molar-refractivity contribution in [2.24, 2.45) is 0 Å². The molecule has 1 aromatic heterocycles. The number of hydrogen-bond donors (Lipinski definition) is 0. The molecular formula is C43H34N2. The number of aromatic nitrogens is 1. The molecule has 0 saturated carbocycles. The minimum atomic E-state index is -0.232. The van der Waals surface area contributed by atoms with Gasteiger partial charge in [-0.3, -0.25) is 0 Å². The van der Waals surface area contributed by atoms with Crippen LogP contribution in [0.5, 0.6) is 0 Å². The predicted octanol–water partition coefficient (Wildman–Crippen LogP) is 11.2. The molecule has 0 unspecified atom stereocenters.